The van der Waals surface area contributed by atoms with Crippen LogP contribution in [0.25, 0.3) is 0 Å². The predicted molar refractivity (Wildman–Crippen MR) is 70.9 cm³/mol. The van der Waals surface area contributed by atoms with Gasteiger partial charge in [0.15, 0.2) is 0 Å². The number of carboxylic acids is 1. The van der Waals surface area contributed by atoms with Crippen LogP contribution in [-0.2, 0) is 10.2 Å². The number of aliphatic hydroxyl groups excluding tert-OH is 2. The summed E-state index contributed by atoms with van der Waals surface area (Å²) in [5, 5.41) is 28.7. The Morgan fingerprint density at radius 1 is 1.21 bits per heavy atom. The molecule has 1 unspecified atom stereocenters. The van der Waals surface area contributed by atoms with Crippen molar-refractivity contribution < 1.29 is 20.1 Å². The largest absolute Gasteiger partial charge is 0.481 e. The summed E-state index contributed by atoms with van der Waals surface area (Å²) in [6, 6.07) is 7.03. The Bertz CT molecular complexity index is 449. The number of benzene rings is 1. The van der Waals surface area contributed by atoms with E-state index in [2.05, 4.69) is 0 Å². The number of aliphatic carboxylic acids is 1. The van der Waals surface area contributed by atoms with Crippen LogP contribution in [0.4, 0.5) is 0 Å². The van der Waals surface area contributed by atoms with E-state index in [0.29, 0.717) is 24.0 Å². The van der Waals surface area contributed by atoms with E-state index in [4.69, 9.17) is 5.11 Å². The minimum atomic E-state index is -1.02. The summed E-state index contributed by atoms with van der Waals surface area (Å²) < 4.78 is 0. The van der Waals surface area contributed by atoms with Gasteiger partial charge in [-0.25, -0.2) is 0 Å². The Hall–Kier alpha value is -1.39. The Labute approximate surface area is 112 Å². The molecule has 4 nitrogen and oxygen atoms in total. The first-order valence-electron chi connectivity index (χ1n) is 6.73. The van der Waals surface area contributed by atoms with Crippen molar-refractivity contribution in [3.05, 3.63) is 35.4 Å². The van der Waals surface area contributed by atoms with Crippen molar-refractivity contribution in [1.82, 2.24) is 0 Å². The lowest BCUT2D eigenvalue weighted by molar-refractivity contribution is -0.145. The molecule has 3 N–H and O–H groups in total. The molecule has 1 aromatic carbocycles. The molecule has 1 saturated carbocycles. The summed E-state index contributed by atoms with van der Waals surface area (Å²) in [5.74, 6) is -0.829. The molecule has 1 fully saturated rings. The van der Waals surface area contributed by atoms with Gasteiger partial charge in [0.05, 0.1) is 12.0 Å². The molecule has 0 aromatic heterocycles. The monoisotopic (exact) mass is 264 g/mol. The number of hydrogen-bond acceptors (Lipinski definition) is 3. The Morgan fingerprint density at radius 3 is 2.42 bits per heavy atom. The van der Waals surface area contributed by atoms with E-state index < -0.39 is 24.1 Å². The minimum absolute atomic E-state index is 0.396. The minimum Gasteiger partial charge on any atom is -0.481 e. The van der Waals surface area contributed by atoms with Gasteiger partial charge in [0.25, 0.3) is 0 Å². The Kier molecular flexibility index (Phi) is 4.22. The van der Waals surface area contributed by atoms with E-state index in [0.717, 1.165) is 19.3 Å². The van der Waals surface area contributed by atoms with Crippen LogP contribution in [0.2, 0.25) is 0 Å². The Morgan fingerprint density at radius 2 is 1.84 bits per heavy atom. The first kappa shape index (κ1) is 14.0. The van der Waals surface area contributed by atoms with E-state index >= 15 is 0 Å². The lowest BCUT2D eigenvalue weighted by Gasteiger charge is -2.35. The number of hydrogen-bond donors (Lipinski definition) is 3. The van der Waals surface area contributed by atoms with Gasteiger partial charge >= 0.3 is 5.97 Å². The number of carbonyl (C=O) groups is 1. The van der Waals surface area contributed by atoms with Crippen LogP contribution < -0.4 is 0 Å². The van der Waals surface area contributed by atoms with Crippen molar-refractivity contribution in [3.63, 3.8) is 0 Å². The van der Waals surface area contributed by atoms with Gasteiger partial charge in [-0.1, -0.05) is 43.5 Å². The van der Waals surface area contributed by atoms with E-state index in [1.807, 2.05) is 0 Å². The third-order valence-electron chi connectivity index (χ3n) is 4.12. The van der Waals surface area contributed by atoms with E-state index in [1.165, 1.54) is 0 Å². The van der Waals surface area contributed by atoms with Crippen LogP contribution in [0.1, 0.15) is 49.3 Å². The van der Waals surface area contributed by atoms with Gasteiger partial charge in [0, 0.05) is 0 Å². The van der Waals surface area contributed by atoms with E-state index in [9.17, 15) is 15.0 Å². The van der Waals surface area contributed by atoms with Crippen LogP contribution in [0.5, 0.6) is 0 Å². The van der Waals surface area contributed by atoms with Gasteiger partial charge in [0.1, 0.15) is 6.10 Å². The highest BCUT2D eigenvalue weighted by atomic mass is 16.4. The Balaban J connectivity index is 2.50. The zero-order chi connectivity index (χ0) is 13.9. The van der Waals surface area contributed by atoms with Crippen LogP contribution in [0.15, 0.2) is 24.3 Å². The highest BCUT2D eigenvalue weighted by Crippen LogP contribution is 2.42. The summed E-state index contributed by atoms with van der Waals surface area (Å²) in [6.45, 7) is -0.396. The smallest absolute Gasteiger partial charge is 0.314 e. The topological polar surface area (TPSA) is 77.8 Å². The normalized spacial score (nSPS) is 19.9. The van der Waals surface area contributed by atoms with Gasteiger partial charge in [-0.05, 0) is 24.0 Å². The second-order valence-electron chi connectivity index (χ2n) is 5.23. The molecule has 0 saturated heterocycles. The molecule has 0 bridgehead atoms. The summed E-state index contributed by atoms with van der Waals surface area (Å²) in [5.41, 5.74) is 0.281. The molecular formula is C15H20O4. The van der Waals surface area contributed by atoms with Crippen LogP contribution in [0.3, 0.4) is 0 Å². The number of rotatable bonds is 4. The third-order valence-corrected chi connectivity index (χ3v) is 4.12. The summed E-state index contributed by atoms with van der Waals surface area (Å²) >= 11 is 0. The molecule has 104 valence electrons. The lowest BCUT2D eigenvalue weighted by Crippen LogP contribution is -2.39. The maximum absolute atomic E-state index is 11.8. The van der Waals surface area contributed by atoms with Gasteiger partial charge in [-0.2, -0.15) is 0 Å². The van der Waals surface area contributed by atoms with Crippen LogP contribution in [0, 0.1) is 0 Å². The first-order chi connectivity index (χ1) is 9.12. The maximum atomic E-state index is 11.8. The van der Waals surface area contributed by atoms with Crippen molar-refractivity contribution in [2.24, 2.45) is 0 Å². The fourth-order valence-electron chi connectivity index (χ4n) is 3.08. The molecule has 0 spiro atoms. The number of carboxylic acid groups (broad SMARTS) is 1. The third kappa shape index (κ3) is 2.51. The summed E-state index contributed by atoms with van der Waals surface area (Å²) in [6.07, 6.45) is 3.00. The zero-order valence-electron chi connectivity index (χ0n) is 10.9. The summed E-state index contributed by atoms with van der Waals surface area (Å²) in [4.78, 5) is 11.8. The fraction of sp³-hybridized carbons (Fsp3) is 0.533. The summed E-state index contributed by atoms with van der Waals surface area (Å²) in [7, 11) is 0. The highest BCUT2D eigenvalue weighted by Gasteiger charge is 2.43. The van der Waals surface area contributed by atoms with Crippen LogP contribution >= 0.6 is 0 Å². The molecule has 1 atom stereocenters. The molecule has 2 rings (SSSR count). The van der Waals surface area contributed by atoms with Crippen molar-refractivity contribution in [3.8, 4) is 0 Å². The SMILES string of the molecule is O=C(O)C1(c2ccccc2C(O)CO)CCCCC1. The van der Waals surface area contributed by atoms with E-state index in [1.54, 1.807) is 24.3 Å². The number of aliphatic hydroxyl groups is 2. The molecule has 4 heteroatoms. The first-order valence-corrected chi connectivity index (χ1v) is 6.73. The maximum Gasteiger partial charge on any atom is 0.314 e. The second kappa shape index (κ2) is 5.72. The zero-order valence-corrected chi connectivity index (χ0v) is 10.9. The molecule has 19 heavy (non-hydrogen) atoms. The van der Waals surface area contributed by atoms with Crippen molar-refractivity contribution in [1.29, 1.82) is 0 Å². The average Bonchev–Trinajstić information content (AvgIpc) is 2.47. The quantitative estimate of drug-likeness (QED) is 0.777. The predicted octanol–water partition coefficient (Wildman–Crippen LogP) is 2.00. The van der Waals surface area contributed by atoms with Gasteiger partial charge in [-0.15, -0.1) is 0 Å². The van der Waals surface area contributed by atoms with Gasteiger partial charge in [0.2, 0.25) is 0 Å². The molecule has 0 heterocycles. The molecule has 1 aliphatic carbocycles. The van der Waals surface area contributed by atoms with E-state index in [-0.39, 0.29) is 0 Å². The molecule has 0 radical (unpaired) electrons. The van der Waals surface area contributed by atoms with Crippen molar-refractivity contribution in [2.45, 2.75) is 43.6 Å². The molecule has 0 amide bonds. The average molecular weight is 264 g/mol. The van der Waals surface area contributed by atoms with Crippen LogP contribution in [-0.4, -0.2) is 27.9 Å². The van der Waals surface area contributed by atoms with Crippen molar-refractivity contribution >= 4 is 5.97 Å². The van der Waals surface area contributed by atoms with Gasteiger partial charge in [-0.3, -0.25) is 4.79 Å². The molecular weight excluding hydrogens is 244 g/mol. The standard InChI is InChI=1S/C15H20O4/c16-10-13(17)11-6-2-3-7-12(11)15(14(18)19)8-4-1-5-9-15/h2-3,6-7,13,16-17H,1,4-5,8-10H2,(H,18,19). The van der Waals surface area contributed by atoms with Crippen molar-refractivity contribution in [2.75, 3.05) is 6.61 Å². The lowest BCUT2D eigenvalue weighted by atomic mass is 9.67. The fourth-order valence-corrected chi connectivity index (χ4v) is 3.08. The highest BCUT2D eigenvalue weighted by molar-refractivity contribution is 5.82. The van der Waals surface area contributed by atoms with Gasteiger partial charge < -0.3 is 15.3 Å². The molecule has 1 aliphatic rings. The molecule has 1 aromatic rings. The second-order valence-corrected chi connectivity index (χ2v) is 5.23. The molecule has 0 aliphatic heterocycles.